The fourth-order valence-electron chi connectivity index (χ4n) is 2.92. The zero-order valence-electron chi connectivity index (χ0n) is 12.9. The van der Waals surface area contributed by atoms with Crippen molar-refractivity contribution >= 4 is 33.1 Å². The molecule has 4 aromatic carbocycles. The number of rotatable bonds is 2. The van der Waals surface area contributed by atoms with E-state index in [9.17, 15) is 9.90 Å². The molecule has 0 unspecified atom stereocenters. The van der Waals surface area contributed by atoms with Gasteiger partial charge >= 0.3 is 0 Å². The van der Waals surface area contributed by atoms with Crippen LogP contribution in [0, 0.1) is 0 Å². The minimum atomic E-state index is -0.170. The highest BCUT2D eigenvalue weighted by atomic mass is 16.3. The van der Waals surface area contributed by atoms with Crippen molar-refractivity contribution in [3.8, 4) is 5.75 Å². The van der Waals surface area contributed by atoms with Crippen LogP contribution in [0.3, 0.4) is 0 Å². The van der Waals surface area contributed by atoms with Crippen LogP contribution in [0.4, 0.5) is 5.69 Å². The number of hydrogen-bond acceptors (Lipinski definition) is 2. The predicted octanol–water partition coefficient (Wildman–Crippen LogP) is 4.95. The van der Waals surface area contributed by atoms with Crippen LogP contribution in [0.25, 0.3) is 21.5 Å². The number of aromatic hydroxyl groups is 1. The molecule has 3 heteroatoms. The molecule has 0 heterocycles. The van der Waals surface area contributed by atoms with Crippen molar-refractivity contribution in [1.29, 1.82) is 0 Å². The summed E-state index contributed by atoms with van der Waals surface area (Å²) >= 11 is 0. The molecule has 2 N–H and O–H groups in total. The first-order valence-corrected chi connectivity index (χ1v) is 7.73. The maximum Gasteiger partial charge on any atom is 0.255 e. The van der Waals surface area contributed by atoms with Gasteiger partial charge in [0.2, 0.25) is 0 Å². The Balaban J connectivity index is 1.72. The summed E-state index contributed by atoms with van der Waals surface area (Å²) in [5.74, 6) is 0.0332. The molecule has 0 atom stereocenters. The first-order valence-electron chi connectivity index (χ1n) is 7.73. The number of nitrogens with one attached hydrogen (secondary N) is 1. The summed E-state index contributed by atoms with van der Waals surface area (Å²) in [6.45, 7) is 0. The van der Waals surface area contributed by atoms with E-state index in [4.69, 9.17) is 0 Å². The third-order valence-electron chi connectivity index (χ3n) is 4.16. The number of benzene rings is 4. The topological polar surface area (TPSA) is 49.3 Å². The second kappa shape index (κ2) is 5.70. The summed E-state index contributed by atoms with van der Waals surface area (Å²) in [4.78, 5) is 12.6. The van der Waals surface area contributed by atoms with Gasteiger partial charge in [0.05, 0.1) is 0 Å². The van der Waals surface area contributed by atoms with Gasteiger partial charge < -0.3 is 10.4 Å². The summed E-state index contributed by atoms with van der Waals surface area (Å²) < 4.78 is 0. The summed E-state index contributed by atoms with van der Waals surface area (Å²) in [6.07, 6.45) is 0. The van der Waals surface area contributed by atoms with Crippen molar-refractivity contribution in [2.45, 2.75) is 0 Å². The van der Waals surface area contributed by atoms with Gasteiger partial charge in [0.25, 0.3) is 5.91 Å². The highest BCUT2D eigenvalue weighted by Gasteiger charge is 2.10. The van der Waals surface area contributed by atoms with E-state index in [0.29, 0.717) is 16.6 Å². The van der Waals surface area contributed by atoms with Crippen molar-refractivity contribution in [3.05, 3.63) is 84.4 Å². The third-order valence-corrected chi connectivity index (χ3v) is 4.16. The summed E-state index contributed by atoms with van der Waals surface area (Å²) in [5.41, 5.74) is 1.28. The van der Waals surface area contributed by atoms with Crippen LogP contribution in [-0.4, -0.2) is 11.0 Å². The molecule has 0 aliphatic rings. The lowest BCUT2D eigenvalue weighted by molar-refractivity contribution is 0.102. The van der Waals surface area contributed by atoms with Crippen molar-refractivity contribution in [1.82, 2.24) is 0 Å². The Bertz CT molecular complexity index is 1070. The van der Waals surface area contributed by atoms with Crippen LogP contribution in [0.15, 0.2) is 78.9 Å². The summed E-state index contributed by atoms with van der Waals surface area (Å²) in [5, 5.41) is 16.6. The molecular formula is C21H15NO2. The van der Waals surface area contributed by atoms with Crippen LogP contribution in [0.2, 0.25) is 0 Å². The normalized spacial score (nSPS) is 10.8. The Morgan fingerprint density at radius 2 is 1.46 bits per heavy atom. The summed E-state index contributed by atoms with van der Waals surface area (Å²) in [7, 11) is 0. The van der Waals surface area contributed by atoms with Crippen LogP contribution < -0.4 is 5.32 Å². The number of amides is 1. The van der Waals surface area contributed by atoms with E-state index >= 15 is 0 Å². The van der Waals surface area contributed by atoms with Crippen LogP contribution in [-0.2, 0) is 0 Å². The predicted molar refractivity (Wildman–Crippen MR) is 97.5 cm³/mol. The molecule has 0 saturated heterocycles. The average molecular weight is 313 g/mol. The van der Waals surface area contributed by atoms with Gasteiger partial charge in [-0.3, -0.25) is 4.79 Å². The minimum Gasteiger partial charge on any atom is -0.507 e. The van der Waals surface area contributed by atoms with Gasteiger partial charge in [0.15, 0.2) is 0 Å². The smallest absolute Gasteiger partial charge is 0.255 e. The highest BCUT2D eigenvalue weighted by Crippen LogP contribution is 2.31. The van der Waals surface area contributed by atoms with Crippen molar-refractivity contribution in [3.63, 3.8) is 0 Å². The van der Waals surface area contributed by atoms with Crippen molar-refractivity contribution in [2.24, 2.45) is 0 Å². The van der Waals surface area contributed by atoms with Crippen molar-refractivity contribution < 1.29 is 9.90 Å². The molecule has 0 bridgehead atoms. The number of anilines is 1. The van der Waals surface area contributed by atoms with Gasteiger partial charge in [-0.05, 0) is 35.0 Å². The number of fused-ring (bicyclic) bond motifs is 2. The van der Waals surface area contributed by atoms with Gasteiger partial charge in [-0.1, -0.05) is 54.6 Å². The van der Waals surface area contributed by atoms with E-state index < -0.39 is 0 Å². The number of carbonyl (C=O) groups excluding carboxylic acids is 1. The van der Waals surface area contributed by atoms with Gasteiger partial charge in [-0.2, -0.15) is 0 Å². The Labute approximate surface area is 139 Å². The lowest BCUT2D eigenvalue weighted by atomic mass is 10.1. The van der Waals surface area contributed by atoms with Crippen LogP contribution in [0.1, 0.15) is 10.4 Å². The van der Waals surface area contributed by atoms with Gasteiger partial charge in [0.1, 0.15) is 5.75 Å². The Kier molecular flexibility index (Phi) is 3.39. The Morgan fingerprint density at radius 3 is 2.29 bits per heavy atom. The maximum absolute atomic E-state index is 12.6. The fourth-order valence-corrected chi connectivity index (χ4v) is 2.92. The Hall–Kier alpha value is -3.33. The third kappa shape index (κ3) is 2.46. The second-order valence-electron chi connectivity index (χ2n) is 5.69. The van der Waals surface area contributed by atoms with Gasteiger partial charge in [0, 0.05) is 22.0 Å². The molecule has 1 amide bonds. The maximum atomic E-state index is 12.6. The molecule has 0 spiro atoms. The monoisotopic (exact) mass is 313 g/mol. The van der Waals surface area contributed by atoms with E-state index in [-0.39, 0.29) is 11.7 Å². The molecule has 0 radical (unpaired) electrons. The highest BCUT2D eigenvalue weighted by molar-refractivity contribution is 6.11. The molecule has 0 saturated carbocycles. The molecular weight excluding hydrogens is 298 g/mol. The second-order valence-corrected chi connectivity index (χ2v) is 5.69. The molecule has 3 nitrogen and oxygen atoms in total. The molecule has 0 aliphatic heterocycles. The molecule has 0 aromatic heterocycles. The fraction of sp³-hybridized carbons (Fsp3) is 0. The van der Waals surface area contributed by atoms with E-state index in [1.165, 1.54) is 0 Å². The minimum absolute atomic E-state index is 0.170. The van der Waals surface area contributed by atoms with Crippen LogP contribution >= 0.6 is 0 Å². The molecule has 0 aliphatic carbocycles. The van der Waals surface area contributed by atoms with E-state index in [1.807, 2.05) is 66.7 Å². The van der Waals surface area contributed by atoms with E-state index in [0.717, 1.165) is 16.2 Å². The molecule has 24 heavy (non-hydrogen) atoms. The van der Waals surface area contributed by atoms with E-state index in [2.05, 4.69) is 5.32 Å². The van der Waals surface area contributed by atoms with Gasteiger partial charge in [-0.25, -0.2) is 0 Å². The lowest BCUT2D eigenvalue weighted by Crippen LogP contribution is -2.12. The number of phenols is 1. The van der Waals surface area contributed by atoms with Crippen LogP contribution in [0.5, 0.6) is 5.75 Å². The zero-order chi connectivity index (χ0) is 16.5. The van der Waals surface area contributed by atoms with Gasteiger partial charge in [-0.15, -0.1) is 0 Å². The zero-order valence-corrected chi connectivity index (χ0v) is 12.9. The average Bonchev–Trinajstić information content (AvgIpc) is 2.64. The number of hydrogen-bond donors (Lipinski definition) is 2. The first kappa shape index (κ1) is 14.3. The molecule has 4 rings (SSSR count). The quantitative estimate of drug-likeness (QED) is 0.514. The largest absolute Gasteiger partial charge is 0.507 e. The number of carbonyl (C=O) groups is 1. The molecule has 0 fully saturated rings. The Morgan fingerprint density at radius 1 is 0.750 bits per heavy atom. The first-order chi connectivity index (χ1) is 11.7. The molecule has 116 valence electrons. The SMILES string of the molecule is O=C(Nc1ccc(O)c2ccccc12)c1ccc2ccccc2c1. The van der Waals surface area contributed by atoms with E-state index in [1.54, 1.807) is 12.1 Å². The standard InChI is InChI=1S/C21H15NO2/c23-20-12-11-19(17-7-3-4-8-18(17)20)22-21(24)16-10-9-14-5-1-2-6-15(14)13-16/h1-13,23H,(H,22,24). The number of phenolic OH excluding ortho intramolecular Hbond substituents is 1. The lowest BCUT2D eigenvalue weighted by Gasteiger charge is -2.10. The molecule has 4 aromatic rings. The summed E-state index contributed by atoms with van der Waals surface area (Å²) in [6, 6.07) is 24.3. The van der Waals surface area contributed by atoms with Crippen molar-refractivity contribution in [2.75, 3.05) is 5.32 Å².